The molecule has 2 rings (SSSR count). The van der Waals surface area contributed by atoms with Gasteiger partial charge in [0.2, 0.25) is 0 Å². The zero-order chi connectivity index (χ0) is 13.1. The van der Waals surface area contributed by atoms with Crippen molar-refractivity contribution in [3.8, 4) is 0 Å². The number of aryl methyl sites for hydroxylation is 2. The second-order valence-corrected chi connectivity index (χ2v) is 5.76. The zero-order valence-electron chi connectivity index (χ0n) is 11.2. The number of piperidine rings is 1. The summed E-state index contributed by atoms with van der Waals surface area (Å²) in [7, 11) is 0. The number of halogens is 1. The summed E-state index contributed by atoms with van der Waals surface area (Å²) in [6.45, 7) is 6.63. The van der Waals surface area contributed by atoms with Crippen molar-refractivity contribution in [1.82, 2.24) is 0 Å². The van der Waals surface area contributed by atoms with Crippen molar-refractivity contribution in [2.24, 2.45) is 5.92 Å². The minimum absolute atomic E-state index is 0.314. The minimum Gasteiger partial charge on any atom is -0.396 e. The van der Waals surface area contributed by atoms with Crippen LogP contribution in [0.4, 0.5) is 5.69 Å². The Kier molecular flexibility index (Phi) is 4.52. The summed E-state index contributed by atoms with van der Waals surface area (Å²) >= 11 is 6.38. The van der Waals surface area contributed by atoms with E-state index in [1.165, 1.54) is 16.8 Å². The molecule has 0 unspecified atom stereocenters. The summed E-state index contributed by atoms with van der Waals surface area (Å²) in [4.78, 5) is 2.39. The Morgan fingerprint density at radius 3 is 2.50 bits per heavy atom. The average molecular weight is 268 g/mol. The lowest BCUT2D eigenvalue weighted by atomic mass is 9.93. The summed E-state index contributed by atoms with van der Waals surface area (Å²) in [5.41, 5.74) is 3.68. The van der Waals surface area contributed by atoms with E-state index in [0.29, 0.717) is 12.5 Å². The van der Waals surface area contributed by atoms with E-state index in [1.54, 1.807) is 0 Å². The van der Waals surface area contributed by atoms with Crippen molar-refractivity contribution in [2.75, 3.05) is 24.6 Å². The number of rotatable bonds is 3. The molecule has 3 heteroatoms. The first-order valence-electron chi connectivity index (χ1n) is 6.74. The summed E-state index contributed by atoms with van der Waals surface area (Å²) in [5, 5.41) is 9.85. The lowest BCUT2D eigenvalue weighted by molar-refractivity contribution is 0.240. The van der Waals surface area contributed by atoms with Gasteiger partial charge in [-0.3, -0.25) is 0 Å². The lowest BCUT2D eigenvalue weighted by Gasteiger charge is -2.35. The van der Waals surface area contributed by atoms with E-state index in [1.807, 2.05) is 6.07 Å². The van der Waals surface area contributed by atoms with Gasteiger partial charge in [-0.15, -0.1) is 0 Å². The molecule has 0 amide bonds. The molecule has 0 spiro atoms. The molecule has 1 N–H and O–H groups in total. The average Bonchev–Trinajstić information content (AvgIpc) is 2.30. The number of aliphatic hydroxyl groups is 1. The van der Waals surface area contributed by atoms with Crippen molar-refractivity contribution in [2.45, 2.75) is 33.1 Å². The number of benzene rings is 1. The van der Waals surface area contributed by atoms with Crippen LogP contribution in [0.3, 0.4) is 0 Å². The number of aliphatic hydroxyl groups excluding tert-OH is 1. The molecule has 1 heterocycles. The van der Waals surface area contributed by atoms with Gasteiger partial charge in [0, 0.05) is 19.7 Å². The Morgan fingerprint density at radius 1 is 1.28 bits per heavy atom. The molecule has 0 bridgehead atoms. The Balaban J connectivity index is 2.10. The predicted octanol–water partition coefficient (Wildman–Crippen LogP) is 3.56. The predicted molar refractivity (Wildman–Crippen MR) is 77.6 cm³/mol. The van der Waals surface area contributed by atoms with Crippen molar-refractivity contribution in [3.05, 3.63) is 28.3 Å². The molecule has 0 saturated carbocycles. The van der Waals surface area contributed by atoms with E-state index in [2.05, 4.69) is 24.8 Å². The zero-order valence-corrected chi connectivity index (χ0v) is 12.0. The third-order valence-electron chi connectivity index (χ3n) is 3.87. The van der Waals surface area contributed by atoms with Crippen LogP contribution >= 0.6 is 11.6 Å². The van der Waals surface area contributed by atoms with Gasteiger partial charge in [-0.05, 0) is 56.2 Å². The van der Waals surface area contributed by atoms with Gasteiger partial charge in [-0.2, -0.15) is 0 Å². The molecule has 1 aliphatic rings. The Morgan fingerprint density at radius 2 is 1.94 bits per heavy atom. The first-order chi connectivity index (χ1) is 8.61. The fraction of sp³-hybridized carbons (Fsp3) is 0.600. The van der Waals surface area contributed by atoms with Gasteiger partial charge in [0.15, 0.2) is 0 Å². The number of anilines is 1. The van der Waals surface area contributed by atoms with Crippen LogP contribution in [0.1, 0.15) is 30.4 Å². The van der Waals surface area contributed by atoms with Gasteiger partial charge in [0.1, 0.15) is 0 Å². The first kappa shape index (κ1) is 13.7. The molecule has 0 atom stereocenters. The molecule has 1 aromatic carbocycles. The molecule has 100 valence electrons. The topological polar surface area (TPSA) is 23.5 Å². The van der Waals surface area contributed by atoms with Crippen LogP contribution in [0.5, 0.6) is 0 Å². The molecule has 2 nitrogen and oxygen atoms in total. The largest absolute Gasteiger partial charge is 0.396 e. The maximum Gasteiger partial charge on any atom is 0.0644 e. The Labute approximate surface area is 115 Å². The Hall–Kier alpha value is -0.730. The van der Waals surface area contributed by atoms with Crippen LogP contribution in [-0.4, -0.2) is 24.8 Å². The van der Waals surface area contributed by atoms with Crippen molar-refractivity contribution in [1.29, 1.82) is 0 Å². The number of hydrogen-bond donors (Lipinski definition) is 1. The summed E-state index contributed by atoms with van der Waals surface area (Å²) in [6.07, 6.45) is 3.25. The van der Waals surface area contributed by atoms with Crippen LogP contribution in [0.2, 0.25) is 5.02 Å². The van der Waals surface area contributed by atoms with E-state index < -0.39 is 0 Å². The normalized spacial score (nSPS) is 17.2. The van der Waals surface area contributed by atoms with Crippen molar-refractivity contribution < 1.29 is 5.11 Å². The molecular formula is C15H22ClNO. The fourth-order valence-electron chi connectivity index (χ4n) is 2.94. The SMILES string of the molecule is Cc1cc(C)c(N2CCC(CCO)CC2)c(Cl)c1. The second kappa shape index (κ2) is 5.94. The highest BCUT2D eigenvalue weighted by molar-refractivity contribution is 6.33. The van der Waals surface area contributed by atoms with E-state index in [4.69, 9.17) is 16.7 Å². The third-order valence-corrected chi connectivity index (χ3v) is 4.15. The lowest BCUT2D eigenvalue weighted by Crippen LogP contribution is -2.34. The summed E-state index contributed by atoms with van der Waals surface area (Å²) in [5.74, 6) is 0.677. The molecule has 0 radical (unpaired) electrons. The Bertz CT molecular complexity index is 388. The van der Waals surface area contributed by atoms with E-state index >= 15 is 0 Å². The van der Waals surface area contributed by atoms with Gasteiger partial charge in [-0.25, -0.2) is 0 Å². The number of nitrogens with zero attached hydrogens (tertiary/aromatic N) is 1. The maximum absolute atomic E-state index is 8.99. The van der Waals surface area contributed by atoms with Crippen LogP contribution in [0.25, 0.3) is 0 Å². The van der Waals surface area contributed by atoms with E-state index in [9.17, 15) is 0 Å². The van der Waals surface area contributed by atoms with E-state index in [0.717, 1.165) is 37.4 Å². The first-order valence-corrected chi connectivity index (χ1v) is 7.12. The molecule has 1 aliphatic heterocycles. The molecule has 1 saturated heterocycles. The molecule has 0 aromatic heterocycles. The molecule has 0 aliphatic carbocycles. The monoisotopic (exact) mass is 267 g/mol. The van der Waals surface area contributed by atoms with Crippen LogP contribution in [-0.2, 0) is 0 Å². The second-order valence-electron chi connectivity index (χ2n) is 5.35. The van der Waals surface area contributed by atoms with Crippen molar-refractivity contribution in [3.63, 3.8) is 0 Å². The van der Waals surface area contributed by atoms with Gasteiger partial charge in [0.05, 0.1) is 10.7 Å². The van der Waals surface area contributed by atoms with Gasteiger partial charge >= 0.3 is 0 Å². The van der Waals surface area contributed by atoms with Gasteiger partial charge < -0.3 is 10.0 Å². The van der Waals surface area contributed by atoms with Gasteiger partial charge in [0.25, 0.3) is 0 Å². The van der Waals surface area contributed by atoms with Gasteiger partial charge in [-0.1, -0.05) is 17.7 Å². The van der Waals surface area contributed by atoms with Crippen LogP contribution in [0.15, 0.2) is 12.1 Å². The van der Waals surface area contributed by atoms with E-state index in [-0.39, 0.29) is 0 Å². The van der Waals surface area contributed by atoms with Crippen molar-refractivity contribution >= 4 is 17.3 Å². The minimum atomic E-state index is 0.314. The molecule has 1 fully saturated rings. The summed E-state index contributed by atoms with van der Waals surface area (Å²) < 4.78 is 0. The summed E-state index contributed by atoms with van der Waals surface area (Å²) in [6, 6.07) is 4.24. The van der Waals surface area contributed by atoms with Crippen LogP contribution in [0, 0.1) is 19.8 Å². The number of hydrogen-bond acceptors (Lipinski definition) is 2. The maximum atomic E-state index is 8.99. The third kappa shape index (κ3) is 2.99. The highest BCUT2D eigenvalue weighted by Crippen LogP contribution is 2.34. The molecular weight excluding hydrogens is 246 g/mol. The fourth-order valence-corrected chi connectivity index (χ4v) is 3.38. The molecule has 18 heavy (non-hydrogen) atoms. The van der Waals surface area contributed by atoms with Crippen LogP contribution < -0.4 is 4.90 Å². The smallest absolute Gasteiger partial charge is 0.0644 e. The highest BCUT2D eigenvalue weighted by Gasteiger charge is 2.21. The highest BCUT2D eigenvalue weighted by atomic mass is 35.5. The quantitative estimate of drug-likeness (QED) is 0.905. The standard InChI is InChI=1S/C15H22ClNO/c1-11-9-12(2)15(14(16)10-11)17-6-3-13(4-7-17)5-8-18/h9-10,13,18H,3-8H2,1-2H3. The molecule has 1 aromatic rings.